The molecule has 4 rings (SSSR count). The molecule has 2 amide bonds. The zero-order valence-corrected chi connectivity index (χ0v) is 19.6. The molecule has 1 aliphatic heterocycles. The van der Waals surface area contributed by atoms with Crippen molar-refractivity contribution in [2.75, 3.05) is 33.4 Å². The molecule has 2 aromatic rings. The number of ether oxygens (including phenoxy) is 2. The number of alkyl carbamates (subject to hydrolysis) is 1. The van der Waals surface area contributed by atoms with Crippen LogP contribution in [0.1, 0.15) is 29.9 Å². The van der Waals surface area contributed by atoms with Crippen molar-refractivity contribution in [2.45, 2.75) is 31.0 Å². The van der Waals surface area contributed by atoms with Crippen LogP contribution in [0.25, 0.3) is 11.1 Å². The molecule has 0 bridgehead atoms. The number of fused-ring (bicyclic) bond motifs is 3. The van der Waals surface area contributed by atoms with E-state index in [0.717, 1.165) is 22.3 Å². The van der Waals surface area contributed by atoms with Crippen molar-refractivity contribution >= 4 is 18.0 Å². The van der Waals surface area contributed by atoms with Crippen LogP contribution in [-0.2, 0) is 19.1 Å². The van der Waals surface area contributed by atoms with Gasteiger partial charge in [0.1, 0.15) is 6.61 Å². The van der Waals surface area contributed by atoms with Crippen LogP contribution in [0.15, 0.2) is 48.5 Å². The number of piperidine rings is 1. The van der Waals surface area contributed by atoms with Gasteiger partial charge in [-0.1, -0.05) is 48.5 Å². The van der Waals surface area contributed by atoms with Gasteiger partial charge in [0.05, 0.1) is 24.5 Å². The summed E-state index contributed by atoms with van der Waals surface area (Å²) in [5.74, 6) is -2.23. The standard InChI is InChI=1S/C26H30N2O7/c1-34-18(11-24(30)28-13-16(25(31)32)10-17(29)14-28)12-27-26(33)35-15-23-21-8-4-2-6-19(21)20-7-3-5-9-22(20)23/h2-9,16-18,23,29H,10-15H2,1H3,(H,27,33)(H,31,32). The molecular weight excluding hydrogens is 452 g/mol. The molecule has 1 saturated heterocycles. The van der Waals surface area contributed by atoms with Gasteiger partial charge >= 0.3 is 12.1 Å². The highest BCUT2D eigenvalue weighted by molar-refractivity contribution is 5.80. The number of nitrogens with zero attached hydrogens (tertiary/aromatic N) is 1. The first kappa shape index (κ1) is 24.7. The Labute approximate surface area is 203 Å². The summed E-state index contributed by atoms with van der Waals surface area (Å²) >= 11 is 0. The third kappa shape index (κ3) is 5.63. The van der Waals surface area contributed by atoms with Crippen LogP contribution in [-0.4, -0.2) is 78.6 Å². The fourth-order valence-electron chi connectivity index (χ4n) is 4.86. The molecule has 1 heterocycles. The highest BCUT2D eigenvalue weighted by Crippen LogP contribution is 2.44. The van der Waals surface area contributed by atoms with Crippen LogP contribution in [0.5, 0.6) is 0 Å². The van der Waals surface area contributed by atoms with E-state index >= 15 is 0 Å². The lowest BCUT2D eigenvalue weighted by Gasteiger charge is -2.34. The van der Waals surface area contributed by atoms with E-state index in [9.17, 15) is 24.6 Å². The van der Waals surface area contributed by atoms with Gasteiger partial charge in [-0.2, -0.15) is 0 Å². The lowest BCUT2D eigenvalue weighted by Crippen LogP contribution is -2.49. The summed E-state index contributed by atoms with van der Waals surface area (Å²) in [6.45, 7) is 0.358. The normalized spacial score (nSPS) is 20.0. The molecule has 1 fully saturated rings. The molecule has 0 radical (unpaired) electrons. The molecule has 186 valence electrons. The van der Waals surface area contributed by atoms with Gasteiger partial charge in [-0.15, -0.1) is 0 Å². The van der Waals surface area contributed by atoms with E-state index < -0.39 is 30.2 Å². The maximum Gasteiger partial charge on any atom is 0.407 e. The average Bonchev–Trinajstić information content (AvgIpc) is 3.18. The third-order valence-corrected chi connectivity index (χ3v) is 6.68. The van der Waals surface area contributed by atoms with Gasteiger partial charge in [0, 0.05) is 32.7 Å². The van der Waals surface area contributed by atoms with Gasteiger partial charge in [-0.05, 0) is 28.7 Å². The Kier molecular flexibility index (Phi) is 7.67. The average molecular weight is 483 g/mol. The number of likely N-dealkylation sites (tertiary alicyclic amines) is 1. The number of carbonyl (C=O) groups is 3. The van der Waals surface area contributed by atoms with Gasteiger partial charge < -0.3 is 29.9 Å². The predicted molar refractivity (Wildman–Crippen MR) is 127 cm³/mol. The zero-order chi connectivity index (χ0) is 24.9. The fourth-order valence-corrected chi connectivity index (χ4v) is 4.86. The van der Waals surface area contributed by atoms with E-state index in [1.807, 2.05) is 36.4 Å². The van der Waals surface area contributed by atoms with E-state index in [1.165, 1.54) is 12.0 Å². The number of carboxylic acids is 1. The van der Waals surface area contributed by atoms with Crippen molar-refractivity contribution in [1.82, 2.24) is 10.2 Å². The molecule has 3 N–H and O–H groups in total. The van der Waals surface area contributed by atoms with Gasteiger partial charge in [-0.25, -0.2) is 4.79 Å². The maximum atomic E-state index is 12.7. The molecule has 2 aliphatic rings. The maximum absolute atomic E-state index is 12.7. The molecule has 3 unspecified atom stereocenters. The predicted octanol–water partition coefficient (Wildman–Crippen LogP) is 2.22. The summed E-state index contributed by atoms with van der Waals surface area (Å²) in [5.41, 5.74) is 4.52. The summed E-state index contributed by atoms with van der Waals surface area (Å²) in [4.78, 5) is 37.7. The largest absolute Gasteiger partial charge is 0.481 e. The van der Waals surface area contributed by atoms with Gasteiger partial charge in [0.2, 0.25) is 5.91 Å². The van der Waals surface area contributed by atoms with Gasteiger partial charge in [0.15, 0.2) is 0 Å². The smallest absolute Gasteiger partial charge is 0.407 e. The Morgan fingerprint density at radius 2 is 1.69 bits per heavy atom. The van der Waals surface area contributed by atoms with Gasteiger partial charge in [-0.3, -0.25) is 9.59 Å². The van der Waals surface area contributed by atoms with Crippen molar-refractivity contribution in [3.63, 3.8) is 0 Å². The second-order valence-electron chi connectivity index (χ2n) is 8.99. The minimum atomic E-state index is -1.04. The Morgan fingerprint density at radius 1 is 1.06 bits per heavy atom. The SMILES string of the molecule is COC(CNC(=O)OCC1c2ccccc2-c2ccccc21)CC(=O)N1CC(O)CC(C(=O)O)C1. The molecular formula is C26H30N2O7. The van der Waals surface area contributed by atoms with Crippen LogP contribution in [0.3, 0.4) is 0 Å². The second kappa shape index (κ2) is 10.9. The molecule has 9 heteroatoms. The van der Waals surface area contributed by atoms with E-state index in [0.29, 0.717) is 0 Å². The van der Waals surface area contributed by atoms with Crippen molar-refractivity contribution in [2.24, 2.45) is 5.92 Å². The van der Waals surface area contributed by atoms with Crippen molar-refractivity contribution in [1.29, 1.82) is 0 Å². The minimum absolute atomic E-state index is 0.0431. The number of methoxy groups -OCH3 is 1. The number of nitrogens with one attached hydrogen (secondary N) is 1. The van der Waals surface area contributed by atoms with Crippen LogP contribution in [0.4, 0.5) is 4.79 Å². The number of carbonyl (C=O) groups excluding carboxylic acids is 2. The molecule has 3 atom stereocenters. The topological polar surface area (TPSA) is 125 Å². The summed E-state index contributed by atoms with van der Waals surface area (Å²) < 4.78 is 10.8. The summed E-state index contributed by atoms with van der Waals surface area (Å²) in [5, 5.41) is 21.8. The molecule has 35 heavy (non-hydrogen) atoms. The number of aliphatic carboxylic acids is 1. The molecule has 9 nitrogen and oxygen atoms in total. The van der Waals surface area contributed by atoms with Crippen molar-refractivity contribution in [3.8, 4) is 11.1 Å². The fraction of sp³-hybridized carbons (Fsp3) is 0.423. The summed E-state index contributed by atoms with van der Waals surface area (Å²) in [7, 11) is 1.43. The first-order valence-electron chi connectivity index (χ1n) is 11.7. The second-order valence-corrected chi connectivity index (χ2v) is 8.99. The molecule has 1 aliphatic carbocycles. The zero-order valence-electron chi connectivity index (χ0n) is 19.6. The first-order valence-corrected chi connectivity index (χ1v) is 11.7. The number of rotatable bonds is 8. The molecule has 2 aromatic carbocycles. The quantitative estimate of drug-likeness (QED) is 0.527. The molecule has 0 spiro atoms. The van der Waals surface area contributed by atoms with E-state index in [4.69, 9.17) is 9.47 Å². The number of aliphatic hydroxyl groups is 1. The van der Waals surface area contributed by atoms with E-state index in [2.05, 4.69) is 17.4 Å². The number of hydrogen-bond donors (Lipinski definition) is 3. The lowest BCUT2D eigenvalue weighted by atomic mass is 9.95. The van der Waals surface area contributed by atoms with Crippen LogP contribution in [0.2, 0.25) is 0 Å². The third-order valence-electron chi connectivity index (χ3n) is 6.68. The number of β-amino-alcohol motifs (C(OH)–C–C–N with tert-alkyl or cyclic N) is 1. The first-order chi connectivity index (χ1) is 16.9. The van der Waals surface area contributed by atoms with E-state index in [1.54, 1.807) is 0 Å². The Bertz CT molecular complexity index is 1040. The van der Waals surface area contributed by atoms with Crippen molar-refractivity contribution in [3.05, 3.63) is 59.7 Å². The molecule has 0 aromatic heterocycles. The Hall–Kier alpha value is -3.43. The van der Waals surface area contributed by atoms with E-state index in [-0.39, 0.29) is 50.9 Å². The van der Waals surface area contributed by atoms with Crippen LogP contribution in [0, 0.1) is 5.92 Å². The Morgan fingerprint density at radius 3 is 2.29 bits per heavy atom. The van der Waals surface area contributed by atoms with Crippen molar-refractivity contribution < 1.29 is 34.1 Å². The number of aliphatic hydroxyl groups excluding tert-OH is 1. The number of carboxylic acid groups (broad SMARTS) is 1. The Balaban J connectivity index is 1.28. The molecule has 0 saturated carbocycles. The minimum Gasteiger partial charge on any atom is -0.481 e. The number of amides is 2. The van der Waals surface area contributed by atoms with Crippen LogP contribution < -0.4 is 5.32 Å². The van der Waals surface area contributed by atoms with Crippen LogP contribution >= 0.6 is 0 Å². The monoisotopic (exact) mass is 482 g/mol. The highest BCUT2D eigenvalue weighted by atomic mass is 16.5. The highest BCUT2D eigenvalue weighted by Gasteiger charge is 2.34. The summed E-state index contributed by atoms with van der Waals surface area (Å²) in [6, 6.07) is 16.1. The van der Waals surface area contributed by atoms with Gasteiger partial charge in [0.25, 0.3) is 0 Å². The number of benzene rings is 2. The lowest BCUT2D eigenvalue weighted by molar-refractivity contribution is -0.149. The number of hydrogen-bond acceptors (Lipinski definition) is 6. The summed E-state index contributed by atoms with van der Waals surface area (Å²) in [6.07, 6.45) is -2.05.